The van der Waals surface area contributed by atoms with Crippen molar-refractivity contribution in [1.82, 2.24) is 0 Å². The molecule has 0 atom stereocenters. The molecule has 0 radical (unpaired) electrons. The second-order valence-corrected chi connectivity index (χ2v) is 7.90. The Labute approximate surface area is 138 Å². The van der Waals surface area contributed by atoms with Gasteiger partial charge in [-0.25, -0.2) is 0 Å². The molecule has 0 unspecified atom stereocenters. The maximum atomic E-state index is 12.3. The molecule has 2 aromatic rings. The SMILES string of the molecule is Cc1ccc(O)c(C(=O)Nc2cccc(C3SCCS3)c2)c1. The predicted octanol–water partition coefficient (Wildman–Crippen LogP) is 4.43. The average Bonchev–Trinajstić information content (AvgIpc) is 3.04. The number of aryl methyl sites for hydroxylation is 1. The van der Waals surface area contributed by atoms with Crippen molar-refractivity contribution in [1.29, 1.82) is 0 Å². The van der Waals surface area contributed by atoms with E-state index >= 15 is 0 Å². The first-order chi connectivity index (χ1) is 10.6. The Hall–Kier alpha value is -1.59. The normalized spacial score (nSPS) is 15.0. The quantitative estimate of drug-likeness (QED) is 0.873. The van der Waals surface area contributed by atoms with Gasteiger partial charge >= 0.3 is 0 Å². The van der Waals surface area contributed by atoms with E-state index in [-0.39, 0.29) is 11.7 Å². The fraction of sp³-hybridized carbons (Fsp3) is 0.235. The molecule has 2 aromatic carbocycles. The van der Waals surface area contributed by atoms with Gasteiger partial charge in [0.05, 0.1) is 10.1 Å². The highest BCUT2D eigenvalue weighted by molar-refractivity contribution is 8.19. The van der Waals surface area contributed by atoms with E-state index in [1.54, 1.807) is 18.2 Å². The molecule has 1 aliphatic rings. The molecule has 5 heteroatoms. The molecule has 2 N–H and O–H groups in total. The Morgan fingerprint density at radius 2 is 1.95 bits per heavy atom. The summed E-state index contributed by atoms with van der Waals surface area (Å²) >= 11 is 3.87. The van der Waals surface area contributed by atoms with Crippen molar-refractivity contribution < 1.29 is 9.90 Å². The second-order valence-electron chi connectivity index (χ2n) is 5.17. The molecule has 1 amide bonds. The molecule has 3 nitrogen and oxygen atoms in total. The van der Waals surface area contributed by atoms with E-state index in [0.717, 1.165) is 11.3 Å². The van der Waals surface area contributed by atoms with Gasteiger partial charge in [-0.15, -0.1) is 23.5 Å². The molecule has 1 heterocycles. The zero-order valence-corrected chi connectivity index (χ0v) is 13.8. The number of hydrogen-bond acceptors (Lipinski definition) is 4. The summed E-state index contributed by atoms with van der Waals surface area (Å²) in [6, 6.07) is 13.0. The van der Waals surface area contributed by atoms with E-state index in [4.69, 9.17) is 0 Å². The summed E-state index contributed by atoms with van der Waals surface area (Å²) in [5.74, 6) is 2.05. The zero-order valence-electron chi connectivity index (χ0n) is 12.2. The second kappa shape index (κ2) is 6.67. The van der Waals surface area contributed by atoms with E-state index in [1.165, 1.54) is 17.1 Å². The fourth-order valence-electron chi connectivity index (χ4n) is 2.34. The van der Waals surface area contributed by atoms with Crippen molar-refractivity contribution in [3.8, 4) is 5.75 Å². The lowest BCUT2D eigenvalue weighted by molar-refractivity contribution is 0.102. The summed E-state index contributed by atoms with van der Waals surface area (Å²) in [7, 11) is 0. The maximum Gasteiger partial charge on any atom is 0.259 e. The first-order valence-electron chi connectivity index (χ1n) is 7.07. The van der Waals surface area contributed by atoms with Crippen molar-refractivity contribution in [2.45, 2.75) is 11.5 Å². The minimum atomic E-state index is -0.287. The third-order valence-electron chi connectivity index (χ3n) is 3.44. The molecule has 1 saturated heterocycles. The Kier molecular flexibility index (Phi) is 4.64. The Bertz CT molecular complexity index is 697. The number of carbonyl (C=O) groups excluding carboxylic acids is 1. The first-order valence-corrected chi connectivity index (χ1v) is 9.17. The molecule has 1 aliphatic heterocycles. The van der Waals surface area contributed by atoms with Crippen LogP contribution in [0.4, 0.5) is 5.69 Å². The van der Waals surface area contributed by atoms with Crippen LogP contribution in [0.1, 0.15) is 26.1 Å². The van der Waals surface area contributed by atoms with Crippen LogP contribution in [0.5, 0.6) is 5.75 Å². The fourth-order valence-corrected chi connectivity index (χ4v) is 5.18. The lowest BCUT2D eigenvalue weighted by Gasteiger charge is -2.12. The Morgan fingerprint density at radius 3 is 2.73 bits per heavy atom. The largest absolute Gasteiger partial charge is 0.507 e. The van der Waals surface area contributed by atoms with Gasteiger partial charge in [-0.3, -0.25) is 4.79 Å². The van der Waals surface area contributed by atoms with Crippen LogP contribution < -0.4 is 5.32 Å². The van der Waals surface area contributed by atoms with Crippen molar-refractivity contribution in [3.05, 3.63) is 59.2 Å². The van der Waals surface area contributed by atoms with Crippen LogP contribution in [0.3, 0.4) is 0 Å². The van der Waals surface area contributed by atoms with E-state index < -0.39 is 0 Å². The Balaban J connectivity index is 1.79. The van der Waals surface area contributed by atoms with Gasteiger partial charge in [0.15, 0.2) is 0 Å². The number of hydrogen-bond donors (Lipinski definition) is 2. The number of thioether (sulfide) groups is 2. The number of carbonyl (C=O) groups is 1. The molecule has 0 saturated carbocycles. The number of amides is 1. The summed E-state index contributed by atoms with van der Waals surface area (Å²) in [4.78, 5) is 12.3. The number of rotatable bonds is 3. The summed E-state index contributed by atoms with van der Waals surface area (Å²) in [6.45, 7) is 1.89. The smallest absolute Gasteiger partial charge is 0.259 e. The highest BCUT2D eigenvalue weighted by Gasteiger charge is 2.19. The first kappa shape index (κ1) is 15.3. The number of phenols is 1. The average molecular weight is 331 g/mol. The van der Waals surface area contributed by atoms with Crippen LogP contribution in [0.15, 0.2) is 42.5 Å². The number of aromatic hydroxyl groups is 1. The van der Waals surface area contributed by atoms with Gasteiger partial charge in [-0.2, -0.15) is 0 Å². The molecule has 0 spiro atoms. The molecular formula is C17H17NO2S2. The van der Waals surface area contributed by atoms with E-state index in [9.17, 15) is 9.90 Å². The third-order valence-corrected chi connectivity index (χ3v) is 6.54. The van der Waals surface area contributed by atoms with Crippen LogP contribution >= 0.6 is 23.5 Å². The molecule has 1 fully saturated rings. The molecule has 0 aliphatic carbocycles. The molecule has 3 rings (SSSR count). The van der Waals surface area contributed by atoms with E-state index in [2.05, 4.69) is 11.4 Å². The van der Waals surface area contributed by atoms with Crippen molar-refractivity contribution >= 4 is 35.1 Å². The van der Waals surface area contributed by atoms with Gasteiger partial charge in [0.25, 0.3) is 5.91 Å². The molecule has 22 heavy (non-hydrogen) atoms. The minimum absolute atomic E-state index is 0.00107. The highest BCUT2D eigenvalue weighted by atomic mass is 32.2. The van der Waals surface area contributed by atoms with Crippen molar-refractivity contribution in [2.24, 2.45) is 0 Å². The predicted molar refractivity (Wildman–Crippen MR) is 94.9 cm³/mol. The topological polar surface area (TPSA) is 49.3 Å². The molecule has 0 aromatic heterocycles. The number of nitrogens with one attached hydrogen (secondary N) is 1. The van der Waals surface area contributed by atoms with Crippen LogP contribution in [-0.2, 0) is 0 Å². The zero-order chi connectivity index (χ0) is 15.5. The van der Waals surface area contributed by atoms with Crippen molar-refractivity contribution in [2.75, 3.05) is 16.8 Å². The molecule has 0 bridgehead atoms. The monoisotopic (exact) mass is 331 g/mol. The van der Waals surface area contributed by atoms with Gasteiger partial charge in [0.1, 0.15) is 5.75 Å². The van der Waals surface area contributed by atoms with Gasteiger partial charge in [0, 0.05) is 17.2 Å². The third kappa shape index (κ3) is 3.42. The van der Waals surface area contributed by atoms with Crippen LogP contribution in [-0.4, -0.2) is 22.5 Å². The summed E-state index contributed by atoms with van der Waals surface area (Å²) in [5.41, 5.74) is 3.22. The van der Waals surface area contributed by atoms with Gasteiger partial charge in [-0.1, -0.05) is 23.8 Å². The Morgan fingerprint density at radius 1 is 1.18 bits per heavy atom. The van der Waals surface area contributed by atoms with Gasteiger partial charge in [0.2, 0.25) is 0 Å². The van der Waals surface area contributed by atoms with Crippen molar-refractivity contribution in [3.63, 3.8) is 0 Å². The summed E-state index contributed by atoms with van der Waals surface area (Å²) in [5, 5.41) is 12.7. The summed E-state index contributed by atoms with van der Waals surface area (Å²) in [6.07, 6.45) is 0. The van der Waals surface area contributed by atoms with Gasteiger partial charge < -0.3 is 10.4 Å². The van der Waals surface area contributed by atoms with Crippen LogP contribution in [0, 0.1) is 6.92 Å². The highest BCUT2D eigenvalue weighted by Crippen LogP contribution is 2.45. The van der Waals surface area contributed by atoms with Crippen LogP contribution in [0.25, 0.3) is 0 Å². The molecule has 114 valence electrons. The van der Waals surface area contributed by atoms with E-state index in [1.807, 2.05) is 48.6 Å². The molecular weight excluding hydrogens is 314 g/mol. The lowest BCUT2D eigenvalue weighted by Crippen LogP contribution is -2.12. The number of benzene rings is 2. The standard InChI is InChI=1S/C17H17NO2S2/c1-11-5-6-15(19)14(9-11)16(20)18-13-4-2-3-12(10-13)17-21-7-8-22-17/h2-6,9-10,17,19H,7-8H2,1H3,(H,18,20). The van der Waals surface area contributed by atoms with E-state index in [0.29, 0.717) is 10.1 Å². The maximum absolute atomic E-state index is 12.3. The minimum Gasteiger partial charge on any atom is -0.507 e. The van der Waals surface area contributed by atoms with Crippen LogP contribution in [0.2, 0.25) is 0 Å². The summed E-state index contributed by atoms with van der Waals surface area (Å²) < 4.78 is 0.448. The number of anilines is 1. The number of phenolic OH excluding ortho intramolecular Hbond substituents is 1. The van der Waals surface area contributed by atoms with Gasteiger partial charge in [-0.05, 0) is 36.8 Å². The lowest BCUT2D eigenvalue weighted by atomic mass is 10.1.